The number of fused-ring (bicyclic) bond motifs is 1. The molecule has 9 heteroatoms. The molecule has 25 heavy (non-hydrogen) atoms. The zero-order valence-corrected chi connectivity index (χ0v) is 13.1. The molecular formula is C16H15F2N5O2. The molecule has 0 bridgehead atoms. The summed E-state index contributed by atoms with van der Waals surface area (Å²) in [6.45, 7) is 2.17. The van der Waals surface area contributed by atoms with Crippen LogP contribution in [-0.2, 0) is 4.74 Å². The van der Waals surface area contributed by atoms with E-state index in [1.807, 2.05) is 4.90 Å². The number of halogens is 2. The third-order valence-electron chi connectivity index (χ3n) is 3.99. The minimum absolute atomic E-state index is 0.151. The van der Waals surface area contributed by atoms with Crippen LogP contribution in [0.1, 0.15) is 12.2 Å². The molecule has 0 radical (unpaired) electrons. The number of aromatic nitrogens is 4. The number of nitrogens with zero attached hydrogens (tertiary/aromatic N) is 5. The second kappa shape index (κ2) is 6.25. The molecule has 3 aromatic rings. The van der Waals surface area contributed by atoms with Crippen LogP contribution in [0.4, 0.5) is 14.7 Å². The van der Waals surface area contributed by atoms with Gasteiger partial charge in [0.25, 0.3) is 6.43 Å². The Morgan fingerprint density at radius 3 is 2.60 bits per heavy atom. The highest BCUT2D eigenvalue weighted by molar-refractivity contribution is 5.78. The molecular weight excluding hydrogens is 332 g/mol. The van der Waals surface area contributed by atoms with E-state index in [4.69, 9.17) is 4.74 Å². The highest BCUT2D eigenvalue weighted by Crippen LogP contribution is 2.29. The van der Waals surface area contributed by atoms with E-state index < -0.39 is 12.2 Å². The van der Waals surface area contributed by atoms with E-state index in [0.717, 1.165) is 0 Å². The third-order valence-corrected chi connectivity index (χ3v) is 3.99. The van der Waals surface area contributed by atoms with Crippen molar-refractivity contribution in [1.29, 1.82) is 0 Å². The Kier molecular flexibility index (Phi) is 3.92. The van der Waals surface area contributed by atoms with Gasteiger partial charge in [-0.05, 0) is 12.1 Å². The average molecular weight is 347 g/mol. The molecule has 1 aliphatic heterocycles. The highest BCUT2D eigenvalue weighted by atomic mass is 19.3. The van der Waals surface area contributed by atoms with Crippen molar-refractivity contribution in [2.45, 2.75) is 6.43 Å². The van der Waals surface area contributed by atoms with Gasteiger partial charge in [-0.2, -0.15) is 9.97 Å². The van der Waals surface area contributed by atoms with Crippen LogP contribution in [0.2, 0.25) is 0 Å². The number of hydrogen-bond donors (Lipinski definition) is 1. The Bertz CT molecular complexity index is 909. The van der Waals surface area contributed by atoms with Crippen LogP contribution in [0.5, 0.6) is 5.88 Å². The van der Waals surface area contributed by atoms with Gasteiger partial charge < -0.3 is 14.7 Å². The number of benzene rings is 1. The molecule has 1 saturated heterocycles. The Labute approximate surface area is 141 Å². The fourth-order valence-electron chi connectivity index (χ4n) is 2.86. The van der Waals surface area contributed by atoms with Gasteiger partial charge in [-0.3, -0.25) is 4.57 Å². The first-order chi connectivity index (χ1) is 12.1. The summed E-state index contributed by atoms with van der Waals surface area (Å²) < 4.78 is 33.5. The molecule has 1 N–H and O–H groups in total. The second-order valence-electron chi connectivity index (χ2n) is 5.58. The fourth-order valence-corrected chi connectivity index (χ4v) is 2.86. The van der Waals surface area contributed by atoms with Gasteiger partial charge in [0.1, 0.15) is 5.82 Å². The van der Waals surface area contributed by atoms with E-state index in [1.54, 1.807) is 24.3 Å². The molecule has 0 aliphatic carbocycles. The topological polar surface area (TPSA) is 76.3 Å². The summed E-state index contributed by atoms with van der Waals surface area (Å²) in [5.41, 5.74) is 0.924. The monoisotopic (exact) mass is 347 g/mol. The van der Waals surface area contributed by atoms with Gasteiger partial charge in [0.15, 0.2) is 5.82 Å². The van der Waals surface area contributed by atoms with Crippen LogP contribution in [0.3, 0.4) is 0 Å². The Morgan fingerprint density at radius 2 is 1.84 bits per heavy atom. The first kappa shape index (κ1) is 15.7. The molecule has 1 aliphatic rings. The van der Waals surface area contributed by atoms with Crippen molar-refractivity contribution >= 4 is 17.0 Å². The maximum absolute atomic E-state index is 13.5. The minimum Gasteiger partial charge on any atom is -0.493 e. The lowest BCUT2D eigenvalue weighted by molar-refractivity contribution is 0.122. The lowest BCUT2D eigenvalue weighted by Crippen LogP contribution is -2.37. The molecule has 0 atom stereocenters. The standard InChI is InChI=1S/C16H15F2N5O2/c17-14(18)15-19-10-3-1-2-4-11(10)23(15)12-9-13(24)21-16(20-12)22-5-7-25-8-6-22/h1-4,9,14H,5-8H2,(H,20,21,24). The molecule has 0 saturated carbocycles. The van der Waals surface area contributed by atoms with E-state index in [2.05, 4.69) is 15.0 Å². The van der Waals surface area contributed by atoms with Gasteiger partial charge in [-0.25, -0.2) is 13.8 Å². The predicted molar refractivity (Wildman–Crippen MR) is 86.3 cm³/mol. The van der Waals surface area contributed by atoms with Crippen molar-refractivity contribution in [1.82, 2.24) is 19.5 Å². The molecule has 0 unspecified atom stereocenters. The molecule has 1 fully saturated rings. The Balaban J connectivity index is 1.88. The second-order valence-corrected chi connectivity index (χ2v) is 5.58. The van der Waals surface area contributed by atoms with Gasteiger partial charge >= 0.3 is 0 Å². The number of morpholine rings is 1. The molecule has 130 valence electrons. The van der Waals surface area contributed by atoms with E-state index in [0.29, 0.717) is 37.3 Å². The summed E-state index contributed by atoms with van der Waals surface area (Å²) in [5.74, 6) is -0.286. The maximum atomic E-state index is 13.5. The van der Waals surface area contributed by atoms with Crippen molar-refractivity contribution in [3.05, 3.63) is 36.2 Å². The molecule has 1 aromatic carbocycles. The summed E-state index contributed by atoms with van der Waals surface area (Å²) in [5, 5.41) is 9.99. The largest absolute Gasteiger partial charge is 0.493 e. The van der Waals surface area contributed by atoms with Gasteiger partial charge in [0.05, 0.1) is 24.2 Å². The number of imidazole rings is 1. The van der Waals surface area contributed by atoms with Crippen LogP contribution >= 0.6 is 0 Å². The molecule has 2 aromatic heterocycles. The van der Waals surface area contributed by atoms with Crippen LogP contribution in [0, 0.1) is 0 Å². The number of hydrogen-bond acceptors (Lipinski definition) is 6. The quantitative estimate of drug-likeness (QED) is 0.783. The number of alkyl halides is 2. The zero-order chi connectivity index (χ0) is 17.4. The van der Waals surface area contributed by atoms with E-state index in [-0.39, 0.29) is 17.6 Å². The Morgan fingerprint density at radius 1 is 1.08 bits per heavy atom. The molecule has 0 spiro atoms. The summed E-state index contributed by atoms with van der Waals surface area (Å²) in [6.07, 6.45) is -2.78. The van der Waals surface area contributed by atoms with Crippen molar-refractivity contribution in [2.24, 2.45) is 0 Å². The van der Waals surface area contributed by atoms with Gasteiger partial charge in [0, 0.05) is 19.2 Å². The lowest BCUT2D eigenvalue weighted by Gasteiger charge is -2.27. The number of rotatable bonds is 3. The fraction of sp³-hybridized carbons (Fsp3) is 0.312. The predicted octanol–water partition coefficient (Wildman–Crippen LogP) is 2.30. The number of aromatic hydroxyl groups is 1. The van der Waals surface area contributed by atoms with Gasteiger partial charge in [-0.15, -0.1) is 0 Å². The maximum Gasteiger partial charge on any atom is 0.296 e. The molecule has 0 amide bonds. The van der Waals surface area contributed by atoms with Crippen molar-refractivity contribution < 1.29 is 18.6 Å². The van der Waals surface area contributed by atoms with Crippen LogP contribution in [0.15, 0.2) is 30.3 Å². The van der Waals surface area contributed by atoms with Crippen molar-refractivity contribution in [2.75, 3.05) is 31.2 Å². The minimum atomic E-state index is -2.78. The van der Waals surface area contributed by atoms with Crippen LogP contribution in [-0.4, -0.2) is 50.9 Å². The van der Waals surface area contributed by atoms with E-state index >= 15 is 0 Å². The van der Waals surface area contributed by atoms with Crippen molar-refractivity contribution in [3.8, 4) is 11.7 Å². The third kappa shape index (κ3) is 2.86. The molecule has 7 nitrogen and oxygen atoms in total. The van der Waals surface area contributed by atoms with Crippen LogP contribution in [0.25, 0.3) is 16.9 Å². The first-order valence-corrected chi connectivity index (χ1v) is 7.80. The zero-order valence-electron chi connectivity index (χ0n) is 13.1. The number of para-hydroxylation sites is 2. The normalized spacial score (nSPS) is 15.2. The van der Waals surface area contributed by atoms with Gasteiger partial charge in [-0.1, -0.05) is 12.1 Å². The van der Waals surface area contributed by atoms with E-state index in [9.17, 15) is 13.9 Å². The first-order valence-electron chi connectivity index (χ1n) is 7.80. The Hall–Kier alpha value is -2.81. The smallest absolute Gasteiger partial charge is 0.296 e. The van der Waals surface area contributed by atoms with E-state index in [1.165, 1.54) is 10.6 Å². The summed E-state index contributed by atoms with van der Waals surface area (Å²) >= 11 is 0. The van der Waals surface area contributed by atoms with Crippen molar-refractivity contribution in [3.63, 3.8) is 0 Å². The average Bonchev–Trinajstić information content (AvgIpc) is 3.02. The van der Waals surface area contributed by atoms with Crippen LogP contribution < -0.4 is 4.90 Å². The van der Waals surface area contributed by atoms with Gasteiger partial charge in [0.2, 0.25) is 11.8 Å². The lowest BCUT2D eigenvalue weighted by atomic mass is 10.3. The summed E-state index contributed by atoms with van der Waals surface area (Å²) in [7, 11) is 0. The highest BCUT2D eigenvalue weighted by Gasteiger charge is 2.23. The summed E-state index contributed by atoms with van der Waals surface area (Å²) in [6, 6.07) is 8.05. The SMILES string of the molecule is Oc1cc(-n2c(C(F)F)nc3ccccc32)nc(N2CCOCC2)n1. The summed E-state index contributed by atoms with van der Waals surface area (Å²) in [4.78, 5) is 14.2. The molecule has 4 rings (SSSR count). The number of ether oxygens (including phenoxy) is 1. The number of anilines is 1. The molecule has 3 heterocycles.